The van der Waals surface area contributed by atoms with Crippen molar-refractivity contribution >= 4 is 23.5 Å². The quantitative estimate of drug-likeness (QED) is 0.727. The van der Waals surface area contributed by atoms with Gasteiger partial charge in [-0.15, -0.1) is 0 Å². The van der Waals surface area contributed by atoms with Gasteiger partial charge in [0.2, 0.25) is 17.8 Å². The lowest BCUT2D eigenvalue weighted by molar-refractivity contribution is -0.123. The molecule has 2 N–H and O–H groups in total. The van der Waals surface area contributed by atoms with Crippen LogP contribution >= 0.6 is 0 Å². The molecule has 1 saturated heterocycles. The number of aromatic nitrogens is 2. The van der Waals surface area contributed by atoms with E-state index in [9.17, 15) is 9.59 Å². The van der Waals surface area contributed by atoms with E-state index in [4.69, 9.17) is 4.74 Å². The van der Waals surface area contributed by atoms with Crippen LogP contribution in [0.4, 0.5) is 11.6 Å². The predicted octanol–water partition coefficient (Wildman–Crippen LogP) is 2.46. The van der Waals surface area contributed by atoms with E-state index in [1.807, 2.05) is 58.0 Å². The van der Waals surface area contributed by atoms with E-state index in [0.29, 0.717) is 23.9 Å². The molecule has 2 heterocycles. The highest BCUT2D eigenvalue weighted by atomic mass is 16.5. The van der Waals surface area contributed by atoms with Gasteiger partial charge < -0.3 is 20.3 Å². The number of nitrogens with one attached hydrogen (secondary N) is 2. The van der Waals surface area contributed by atoms with Crippen molar-refractivity contribution in [3.05, 3.63) is 41.7 Å². The Morgan fingerprint density at radius 1 is 1.20 bits per heavy atom. The second-order valence-electron chi connectivity index (χ2n) is 7.93. The molecule has 0 unspecified atom stereocenters. The first-order valence-corrected chi connectivity index (χ1v) is 10.1. The van der Waals surface area contributed by atoms with Crippen LogP contribution in [0.5, 0.6) is 5.75 Å². The number of hydrogen-bond acceptors (Lipinski definition) is 6. The Bertz CT molecular complexity index is 910. The van der Waals surface area contributed by atoms with E-state index in [1.54, 1.807) is 12.0 Å². The van der Waals surface area contributed by atoms with E-state index < -0.39 is 6.04 Å². The standard InChI is InChI=1S/C22H29N5O3/c1-13(2)20(26-22-23-14(3)10-15(4)24-22)21(29)25-16-11-19(28)27(12-16)17-8-6-7-9-18(17)30-5/h6-10,13,16,20H,11-12H2,1-5H3,(H,25,29)(H,23,24,26)/t16-,20+/m1/s1. The van der Waals surface area contributed by atoms with Crippen LogP contribution in [0.2, 0.25) is 0 Å². The highest BCUT2D eigenvalue weighted by molar-refractivity contribution is 5.98. The van der Waals surface area contributed by atoms with Gasteiger partial charge in [0, 0.05) is 24.4 Å². The van der Waals surface area contributed by atoms with E-state index in [0.717, 1.165) is 11.4 Å². The molecule has 160 valence electrons. The first-order chi connectivity index (χ1) is 14.3. The van der Waals surface area contributed by atoms with Crippen molar-refractivity contribution in [1.82, 2.24) is 15.3 Å². The van der Waals surface area contributed by atoms with Gasteiger partial charge >= 0.3 is 0 Å². The number of nitrogens with zero attached hydrogens (tertiary/aromatic N) is 3. The number of carbonyl (C=O) groups excluding carboxylic acids is 2. The zero-order chi connectivity index (χ0) is 21.8. The molecule has 0 aliphatic carbocycles. The van der Waals surface area contributed by atoms with Gasteiger partial charge in [-0.25, -0.2) is 9.97 Å². The topological polar surface area (TPSA) is 96.5 Å². The zero-order valence-electron chi connectivity index (χ0n) is 18.1. The van der Waals surface area contributed by atoms with Crippen LogP contribution in [0.3, 0.4) is 0 Å². The monoisotopic (exact) mass is 411 g/mol. The molecule has 1 aromatic carbocycles. The third-order valence-corrected chi connectivity index (χ3v) is 5.06. The molecule has 2 aromatic rings. The van der Waals surface area contributed by atoms with Crippen molar-refractivity contribution in [2.75, 3.05) is 23.9 Å². The molecule has 1 aromatic heterocycles. The molecular formula is C22H29N5O3. The van der Waals surface area contributed by atoms with Gasteiger partial charge in [-0.05, 0) is 38.0 Å². The third kappa shape index (κ3) is 4.87. The third-order valence-electron chi connectivity index (χ3n) is 5.06. The molecule has 2 atom stereocenters. The number of benzene rings is 1. The number of rotatable bonds is 7. The normalized spacial score (nSPS) is 17.2. The van der Waals surface area contributed by atoms with Crippen LogP contribution in [0.25, 0.3) is 0 Å². The van der Waals surface area contributed by atoms with Gasteiger partial charge in [0.25, 0.3) is 0 Å². The Hall–Kier alpha value is -3.16. The summed E-state index contributed by atoms with van der Waals surface area (Å²) in [5.41, 5.74) is 2.38. The van der Waals surface area contributed by atoms with Crippen LogP contribution in [0.15, 0.2) is 30.3 Å². The van der Waals surface area contributed by atoms with Gasteiger partial charge in [0.15, 0.2) is 0 Å². The molecule has 1 aliphatic heterocycles. The highest BCUT2D eigenvalue weighted by Gasteiger charge is 2.34. The minimum Gasteiger partial charge on any atom is -0.495 e. The van der Waals surface area contributed by atoms with Crippen molar-refractivity contribution in [1.29, 1.82) is 0 Å². The Morgan fingerprint density at radius 2 is 1.87 bits per heavy atom. The molecule has 0 saturated carbocycles. The Morgan fingerprint density at radius 3 is 2.50 bits per heavy atom. The fraction of sp³-hybridized carbons (Fsp3) is 0.455. The summed E-state index contributed by atoms with van der Waals surface area (Å²) in [5, 5.41) is 6.17. The van der Waals surface area contributed by atoms with E-state index >= 15 is 0 Å². The summed E-state index contributed by atoms with van der Waals surface area (Å²) in [5.74, 6) is 0.854. The number of amides is 2. The summed E-state index contributed by atoms with van der Waals surface area (Å²) in [6, 6.07) is 8.47. The van der Waals surface area contributed by atoms with Crippen molar-refractivity contribution in [3.8, 4) is 5.75 Å². The fourth-order valence-electron chi connectivity index (χ4n) is 3.65. The zero-order valence-corrected chi connectivity index (χ0v) is 18.1. The van der Waals surface area contributed by atoms with Crippen molar-refractivity contribution in [2.45, 2.75) is 46.2 Å². The maximum absolute atomic E-state index is 13.0. The lowest BCUT2D eigenvalue weighted by atomic mass is 10.0. The number of aryl methyl sites for hydroxylation is 2. The van der Waals surface area contributed by atoms with Crippen LogP contribution in [-0.4, -0.2) is 47.5 Å². The summed E-state index contributed by atoms with van der Waals surface area (Å²) in [7, 11) is 1.58. The number of carbonyl (C=O) groups is 2. The number of ether oxygens (including phenoxy) is 1. The number of methoxy groups -OCH3 is 1. The Kier molecular flexibility index (Phi) is 6.54. The van der Waals surface area contributed by atoms with Gasteiger partial charge in [-0.2, -0.15) is 0 Å². The van der Waals surface area contributed by atoms with Gasteiger partial charge in [-0.3, -0.25) is 9.59 Å². The lowest BCUT2D eigenvalue weighted by Crippen LogP contribution is -2.48. The minimum absolute atomic E-state index is 0.0110. The molecule has 0 spiro atoms. The second-order valence-corrected chi connectivity index (χ2v) is 7.93. The van der Waals surface area contributed by atoms with Gasteiger partial charge in [0.1, 0.15) is 11.8 Å². The Labute approximate surface area is 177 Å². The summed E-state index contributed by atoms with van der Waals surface area (Å²) in [4.78, 5) is 36.0. The lowest BCUT2D eigenvalue weighted by Gasteiger charge is -2.24. The molecule has 8 heteroatoms. The summed E-state index contributed by atoms with van der Waals surface area (Å²) >= 11 is 0. The number of para-hydroxylation sites is 2. The van der Waals surface area contributed by atoms with Crippen molar-refractivity contribution in [2.24, 2.45) is 5.92 Å². The highest BCUT2D eigenvalue weighted by Crippen LogP contribution is 2.31. The van der Waals surface area contributed by atoms with Gasteiger partial charge in [0.05, 0.1) is 18.8 Å². The van der Waals surface area contributed by atoms with Crippen LogP contribution < -0.4 is 20.3 Å². The summed E-state index contributed by atoms with van der Waals surface area (Å²) in [6.45, 7) is 8.10. The van der Waals surface area contributed by atoms with Crippen LogP contribution in [-0.2, 0) is 9.59 Å². The predicted molar refractivity (Wildman–Crippen MR) is 116 cm³/mol. The fourth-order valence-corrected chi connectivity index (χ4v) is 3.65. The molecule has 8 nitrogen and oxygen atoms in total. The molecule has 1 aliphatic rings. The molecule has 2 amide bonds. The van der Waals surface area contributed by atoms with E-state index in [1.165, 1.54) is 0 Å². The minimum atomic E-state index is -0.512. The average Bonchev–Trinajstić information content (AvgIpc) is 3.04. The summed E-state index contributed by atoms with van der Waals surface area (Å²) < 4.78 is 5.37. The van der Waals surface area contributed by atoms with Crippen molar-refractivity contribution < 1.29 is 14.3 Å². The van der Waals surface area contributed by atoms with E-state index in [-0.39, 0.29) is 30.2 Å². The summed E-state index contributed by atoms with van der Waals surface area (Å²) in [6.07, 6.45) is 0.245. The number of anilines is 2. The Balaban J connectivity index is 1.70. The maximum Gasteiger partial charge on any atom is 0.243 e. The van der Waals surface area contributed by atoms with Crippen LogP contribution in [0, 0.1) is 19.8 Å². The average molecular weight is 412 g/mol. The molecule has 30 heavy (non-hydrogen) atoms. The SMILES string of the molecule is COc1ccccc1N1C[C@H](NC(=O)[C@@H](Nc2nc(C)cc(C)n2)C(C)C)CC1=O. The molecule has 1 fully saturated rings. The first-order valence-electron chi connectivity index (χ1n) is 10.1. The van der Waals surface area contributed by atoms with Crippen LogP contribution in [0.1, 0.15) is 31.7 Å². The van der Waals surface area contributed by atoms with Gasteiger partial charge in [-0.1, -0.05) is 26.0 Å². The molecular weight excluding hydrogens is 382 g/mol. The second kappa shape index (κ2) is 9.11. The first kappa shape index (κ1) is 21.5. The molecule has 3 rings (SSSR count). The maximum atomic E-state index is 13.0. The molecule has 0 bridgehead atoms. The van der Waals surface area contributed by atoms with Crippen molar-refractivity contribution in [3.63, 3.8) is 0 Å². The number of hydrogen-bond donors (Lipinski definition) is 2. The molecule has 0 radical (unpaired) electrons. The largest absolute Gasteiger partial charge is 0.495 e. The van der Waals surface area contributed by atoms with E-state index in [2.05, 4.69) is 20.6 Å². The smallest absolute Gasteiger partial charge is 0.243 e.